The van der Waals surface area contributed by atoms with Gasteiger partial charge in [-0.1, -0.05) is 114 Å². The van der Waals surface area contributed by atoms with Crippen LogP contribution in [0.15, 0.2) is 135 Å². The van der Waals surface area contributed by atoms with Gasteiger partial charge in [-0.15, -0.1) is 0 Å². The summed E-state index contributed by atoms with van der Waals surface area (Å²) in [5.74, 6) is 0.202. The molecule has 96 heavy (non-hydrogen) atoms. The molecule has 4 aromatic heterocycles. The van der Waals surface area contributed by atoms with Crippen molar-refractivity contribution in [2.24, 2.45) is 17.4 Å². The van der Waals surface area contributed by atoms with Gasteiger partial charge >= 0.3 is 35.5 Å². The molecule has 4 heterocycles. The maximum atomic E-state index is 12.7. The first kappa shape index (κ1) is 85.4. The van der Waals surface area contributed by atoms with E-state index in [4.69, 9.17) is 46.3 Å². The molecule has 5 aliphatic carbocycles. The minimum atomic E-state index is -0.751. The molecule has 5 saturated carbocycles. The summed E-state index contributed by atoms with van der Waals surface area (Å²) < 4.78 is 2.81. The third-order valence-corrected chi connectivity index (χ3v) is 20.3. The number of ketones is 2. The number of primary amides is 1. The van der Waals surface area contributed by atoms with Gasteiger partial charge in [-0.2, -0.15) is 0 Å². The minimum absolute atomic E-state index is 0. The Hall–Kier alpha value is -4.82. The molecule has 5 aliphatic rings. The Balaban J connectivity index is 0.000000305. The zero-order chi connectivity index (χ0) is 68.7. The number of halogens is 5. The van der Waals surface area contributed by atoms with Gasteiger partial charge in [-0.05, 0) is 229 Å². The number of aromatic nitrogens is 4. The van der Waals surface area contributed by atoms with E-state index < -0.39 is 22.7 Å². The zero-order valence-corrected chi connectivity index (χ0v) is 64.9. The van der Waals surface area contributed by atoms with E-state index in [1.807, 2.05) is 42.5 Å². The van der Waals surface area contributed by atoms with Crippen molar-refractivity contribution in [1.82, 2.24) is 25.3 Å². The molecule has 0 spiro atoms. The quantitative estimate of drug-likeness (QED) is 0.0373. The van der Waals surface area contributed by atoms with Crippen LogP contribution in [0.2, 0.25) is 10.0 Å². The number of rotatable bonds is 19. The molecule has 0 unspecified atom stereocenters. The average Bonchev–Trinajstić information content (AvgIpc) is 0.779. The standard InChI is InChI=1S/C21H23ClN2O2.C14H18BrNO.C10H9BrN2.C10H10BrNO2.C9H19N.C7H6ClNO.C3H9N.Na.H2O/c1-2-3-8-19(25)21(11-5-12-21)18-10-9-17(14-23-18)24-20(26)15-6-4-7-16(22)13-15;1-2-3-5-13(17)14(8-4-9-14)12-7-6-11(15)10-16-12;1-12-10(5-2-6-10)9-4-3-8(11)7-13-9;11-7-2-3-8(12-6-7)10(9(13)14)4-1-5-10;1-3-8-6-4-5-7-9(8)10-2;8-6-3-1-2-5(4-6)7(9)10;1-2-3-4;;/h4,6-7,9-10,13-14H,2-3,5,8,11-12H2,1H3,(H,24,26);6-7,10H,2-5,8-9H2,1H3;3-4,7H,2,5-6H2;2-3,6H,1,4-5H2,(H,13,14);8-10H,3-7H2,1-2H3;1-4H,(H2,9,10);2-4H2,1H3;;1H2/q;;;;;;;+1;/p-1/t;;;;8-,9+;;;;/m....0..../s1. The Morgan fingerprint density at radius 3 is 1.32 bits per heavy atom. The van der Waals surface area contributed by atoms with E-state index in [0.29, 0.717) is 69.8 Å². The van der Waals surface area contributed by atoms with Crippen LogP contribution in [-0.2, 0) is 36.2 Å². The van der Waals surface area contributed by atoms with Gasteiger partial charge in [0, 0.05) is 84.9 Å². The van der Waals surface area contributed by atoms with Crippen LogP contribution in [0, 0.1) is 12.5 Å². The first-order valence-electron chi connectivity index (χ1n) is 33.2. The Labute approximate surface area is 626 Å². The number of carbonyl (C=O) groups is 5. The van der Waals surface area contributed by atoms with Crippen molar-refractivity contribution in [3.8, 4) is 0 Å². The van der Waals surface area contributed by atoms with Crippen LogP contribution in [-0.4, -0.2) is 79.5 Å². The third kappa shape index (κ3) is 24.5. The van der Waals surface area contributed by atoms with Gasteiger partial charge in [0.1, 0.15) is 22.7 Å². The molecule has 8 N–H and O–H groups in total. The molecule has 514 valence electrons. The van der Waals surface area contributed by atoms with Crippen molar-refractivity contribution < 1.29 is 64.1 Å². The van der Waals surface area contributed by atoms with Gasteiger partial charge in [0.05, 0.1) is 39.8 Å². The van der Waals surface area contributed by atoms with Gasteiger partial charge in [-0.25, -0.2) is 6.57 Å². The molecule has 0 saturated heterocycles. The summed E-state index contributed by atoms with van der Waals surface area (Å²) in [4.78, 5) is 80.0. The molecule has 0 aliphatic heterocycles. The number of Topliss-reactive ketones (excluding diaryl/α,β-unsaturated/α-hetero) is 2. The van der Waals surface area contributed by atoms with Crippen LogP contribution >= 0.6 is 71.0 Å². The fourth-order valence-corrected chi connectivity index (χ4v) is 13.0. The van der Waals surface area contributed by atoms with E-state index in [1.165, 1.54) is 38.2 Å². The van der Waals surface area contributed by atoms with Crippen LogP contribution in [0.5, 0.6) is 0 Å². The molecule has 11 rings (SSSR count). The number of carboxylic acid groups (broad SMARTS) is 1. The first-order valence-corrected chi connectivity index (χ1v) is 36.3. The molecule has 2 amide bonds. The Morgan fingerprint density at radius 1 is 0.594 bits per heavy atom. The SMILES string of the molecule is CCCCC(=O)C1(c2ccc(Br)cn2)CCC1.CCCCC(=O)C1(c2ccc(NC(=O)c3cccc(Cl)c3)cn2)CCC1.CCCN.CC[C@H]1CCCC[C@H]1NC.NC(=O)c1cccc(Cl)c1.O=C(O)C1(c2ccc(Br)cn2)CCC1.[C-]#[N+]C1(c2ccc(Br)cn2)CCC1.[Na+].[OH-]. The number of hydrogen-bond acceptors (Lipinski definition) is 12. The van der Waals surface area contributed by atoms with Crippen molar-refractivity contribution >= 4 is 106 Å². The van der Waals surface area contributed by atoms with Crippen molar-refractivity contribution in [3.63, 3.8) is 0 Å². The molecule has 0 bridgehead atoms. The van der Waals surface area contributed by atoms with Crippen LogP contribution in [0.3, 0.4) is 0 Å². The van der Waals surface area contributed by atoms with Gasteiger partial charge in [0.2, 0.25) is 5.91 Å². The van der Waals surface area contributed by atoms with Crippen molar-refractivity contribution in [1.29, 1.82) is 0 Å². The van der Waals surface area contributed by atoms with Crippen LogP contribution in [0.1, 0.15) is 225 Å². The maximum Gasteiger partial charge on any atom is 1.00 e. The Kier molecular flexibility index (Phi) is 38.8. The van der Waals surface area contributed by atoms with Gasteiger partial charge < -0.3 is 37.5 Å². The third-order valence-electron chi connectivity index (χ3n) is 18.4. The number of nitrogens with two attached hydrogens (primary N) is 2. The summed E-state index contributed by atoms with van der Waals surface area (Å²) in [6.45, 7) is 16.6. The number of nitrogens with one attached hydrogen (secondary N) is 2. The monoisotopic (exact) mass is 1550 g/mol. The number of aliphatic carboxylic acids is 1. The number of unbranched alkanes of at least 4 members (excludes halogenated alkanes) is 2. The van der Waals surface area contributed by atoms with Crippen molar-refractivity contribution in [2.45, 2.75) is 210 Å². The summed E-state index contributed by atoms with van der Waals surface area (Å²) in [7, 11) is 2.10. The normalized spacial score (nSPS) is 17.3. The second-order valence-electron chi connectivity index (χ2n) is 24.7. The molecule has 2 atom stereocenters. The average molecular weight is 1560 g/mol. The number of anilines is 1. The summed E-state index contributed by atoms with van der Waals surface area (Å²) in [6.07, 6.45) is 31.7. The number of pyridine rings is 4. The molecule has 2 aromatic carbocycles. The van der Waals surface area contributed by atoms with Crippen molar-refractivity contribution in [2.75, 3.05) is 18.9 Å². The summed E-state index contributed by atoms with van der Waals surface area (Å²) >= 11 is 21.5. The molecule has 22 heteroatoms. The summed E-state index contributed by atoms with van der Waals surface area (Å²) in [5.41, 5.74) is 13.3. The van der Waals surface area contributed by atoms with Crippen LogP contribution in [0.4, 0.5) is 5.69 Å². The van der Waals surface area contributed by atoms with E-state index in [9.17, 15) is 24.0 Å². The molecule has 6 aromatic rings. The second-order valence-corrected chi connectivity index (χ2v) is 28.3. The van der Waals surface area contributed by atoms with E-state index >= 15 is 0 Å². The number of benzene rings is 2. The van der Waals surface area contributed by atoms with E-state index in [0.717, 1.165) is 145 Å². The molecule has 16 nitrogen and oxygen atoms in total. The van der Waals surface area contributed by atoms with Crippen molar-refractivity contribution in [3.05, 3.63) is 191 Å². The molecule has 0 radical (unpaired) electrons. The molecular formula is C74H95Br3Cl2N9NaO7. The van der Waals surface area contributed by atoms with Crippen LogP contribution < -0.4 is 51.7 Å². The Bertz CT molecular complexity index is 3370. The fraction of sp³-hybridized carbons (Fsp3) is 0.486. The van der Waals surface area contributed by atoms with E-state index in [-0.39, 0.29) is 51.9 Å². The van der Waals surface area contributed by atoms with Gasteiger partial charge in [0.15, 0.2) is 0 Å². The molecule has 5 fully saturated rings. The van der Waals surface area contributed by atoms with Crippen LogP contribution in [0.25, 0.3) is 4.85 Å². The van der Waals surface area contributed by atoms with Gasteiger partial charge in [-0.3, -0.25) is 43.9 Å². The number of hydrogen-bond donors (Lipinski definition) is 5. The molecular weight excluding hydrogens is 1460 g/mol. The maximum absolute atomic E-state index is 12.7. The number of carbonyl (C=O) groups excluding carboxylic acids is 4. The van der Waals surface area contributed by atoms with E-state index in [2.05, 4.69) is 118 Å². The fourth-order valence-electron chi connectivity index (χ4n) is 11.9. The first-order chi connectivity index (χ1) is 45.1. The Morgan fingerprint density at radius 2 is 1.01 bits per heavy atom. The summed E-state index contributed by atoms with van der Waals surface area (Å²) in [6, 6.07) is 29.3. The van der Waals surface area contributed by atoms with E-state index in [1.54, 1.807) is 73.3 Å². The predicted molar refractivity (Wildman–Crippen MR) is 391 cm³/mol. The largest absolute Gasteiger partial charge is 1.00 e. The van der Waals surface area contributed by atoms with Gasteiger partial charge in [0.25, 0.3) is 11.4 Å². The second kappa shape index (κ2) is 43.7. The topological polar surface area (TPSA) is 268 Å². The minimum Gasteiger partial charge on any atom is -0.870 e. The predicted octanol–water partition coefficient (Wildman–Crippen LogP) is 15.5. The summed E-state index contributed by atoms with van der Waals surface area (Å²) in [5, 5.41) is 16.4. The number of carboxylic acids is 1. The number of nitrogens with zero attached hydrogens (tertiary/aromatic N) is 5. The zero-order valence-electron chi connectivity index (χ0n) is 56.6. The number of amides is 2. The smallest absolute Gasteiger partial charge is 0.870 e.